The molecule has 5 heteroatoms. The maximum Gasteiger partial charge on any atom is 0.221 e. The molecule has 2 rings (SSSR count). The van der Waals surface area contributed by atoms with E-state index in [1.165, 1.54) is 10.5 Å². The number of nitrogens with two attached hydrogens (primary N) is 2. The molecule has 0 unspecified atom stereocenters. The molecule has 0 saturated heterocycles. The summed E-state index contributed by atoms with van der Waals surface area (Å²) in [6.45, 7) is 0. The van der Waals surface area contributed by atoms with E-state index in [0.29, 0.717) is 5.82 Å². The summed E-state index contributed by atoms with van der Waals surface area (Å²) in [5, 5.41) is 0. The van der Waals surface area contributed by atoms with Crippen molar-refractivity contribution in [3.05, 3.63) is 41.6 Å². The van der Waals surface area contributed by atoms with Crippen molar-refractivity contribution in [3.63, 3.8) is 0 Å². The highest BCUT2D eigenvalue weighted by molar-refractivity contribution is 7.98. The molecule has 0 atom stereocenters. The molecule has 4 nitrogen and oxygen atoms in total. The number of nitrogen functional groups attached to an aromatic ring is 2. The second kappa shape index (κ2) is 5.05. The molecule has 2 aromatic rings. The van der Waals surface area contributed by atoms with Crippen LogP contribution in [0.1, 0.15) is 11.1 Å². The summed E-state index contributed by atoms with van der Waals surface area (Å²) in [7, 11) is 0. The summed E-state index contributed by atoms with van der Waals surface area (Å²) < 4.78 is 0. The molecule has 0 radical (unpaired) electrons. The summed E-state index contributed by atoms with van der Waals surface area (Å²) in [6.07, 6.45) is 4.46. The van der Waals surface area contributed by atoms with Gasteiger partial charge in [-0.2, -0.15) is 4.98 Å². The molecule has 0 saturated carbocycles. The summed E-state index contributed by atoms with van der Waals surface area (Å²) in [4.78, 5) is 9.14. The molecule has 88 valence electrons. The van der Waals surface area contributed by atoms with Crippen LogP contribution in [0.15, 0.2) is 35.4 Å². The van der Waals surface area contributed by atoms with Gasteiger partial charge in [0.25, 0.3) is 0 Å². The van der Waals surface area contributed by atoms with E-state index >= 15 is 0 Å². The van der Waals surface area contributed by atoms with Crippen LogP contribution in [0.2, 0.25) is 0 Å². The van der Waals surface area contributed by atoms with Crippen molar-refractivity contribution in [1.82, 2.24) is 9.97 Å². The molecule has 4 N–H and O–H groups in total. The predicted octanol–water partition coefficient (Wildman–Crippen LogP) is 1.95. The molecule has 0 fully saturated rings. The van der Waals surface area contributed by atoms with Gasteiger partial charge < -0.3 is 11.5 Å². The Bertz CT molecular complexity index is 510. The van der Waals surface area contributed by atoms with Gasteiger partial charge in [-0.05, 0) is 24.0 Å². The average Bonchev–Trinajstić information content (AvgIpc) is 2.34. The molecule has 0 aliphatic rings. The zero-order chi connectivity index (χ0) is 12.3. The molecule has 0 aliphatic carbocycles. The van der Waals surface area contributed by atoms with Gasteiger partial charge in [-0.3, -0.25) is 0 Å². The number of hydrogen-bond donors (Lipinski definition) is 2. The van der Waals surface area contributed by atoms with E-state index < -0.39 is 0 Å². The van der Waals surface area contributed by atoms with E-state index in [0.717, 1.165) is 12.0 Å². The lowest BCUT2D eigenvalue weighted by Crippen LogP contribution is -2.03. The summed E-state index contributed by atoms with van der Waals surface area (Å²) >= 11 is 1.72. The SMILES string of the molecule is CSc1ccc(Cc2cnc(N)nc2N)cc1. The van der Waals surface area contributed by atoms with Crippen LogP contribution in [-0.2, 0) is 6.42 Å². The number of aromatic nitrogens is 2. The molecule has 0 amide bonds. The van der Waals surface area contributed by atoms with Crippen LogP contribution >= 0.6 is 11.8 Å². The molecule has 1 heterocycles. The van der Waals surface area contributed by atoms with Crippen LogP contribution < -0.4 is 11.5 Å². The third kappa shape index (κ3) is 2.88. The number of anilines is 2. The van der Waals surface area contributed by atoms with Gasteiger partial charge in [0.15, 0.2) is 0 Å². The first kappa shape index (κ1) is 11.7. The van der Waals surface area contributed by atoms with E-state index in [1.807, 2.05) is 0 Å². The molecular weight excluding hydrogens is 232 g/mol. The van der Waals surface area contributed by atoms with Gasteiger partial charge in [0, 0.05) is 23.1 Å². The Labute approximate surface area is 104 Å². The van der Waals surface area contributed by atoms with Gasteiger partial charge in [0.1, 0.15) is 5.82 Å². The third-order valence-corrected chi connectivity index (χ3v) is 3.21. The van der Waals surface area contributed by atoms with Gasteiger partial charge in [0.05, 0.1) is 0 Å². The van der Waals surface area contributed by atoms with Crippen LogP contribution in [0.4, 0.5) is 11.8 Å². The van der Waals surface area contributed by atoms with Crippen molar-refractivity contribution in [2.45, 2.75) is 11.3 Å². The minimum absolute atomic E-state index is 0.212. The third-order valence-electron chi connectivity index (χ3n) is 2.47. The van der Waals surface area contributed by atoms with Crippen molar-refractivity contribution in [1.29, 1.82) is 0 Å². The molecule has 0 bridgehead atoms. The minimum Gasteiger partial charge on any atom is -0.383 e. The van der Waals surface area contributed by atoms with Crippen molar-refractivity contribution in [2.75, 3.05) is 17.7 Å². The lowest BCUT2D eigenvalue weighted by Gasteiger charge is -2.05. The molecule has 17 heavy (non-hydrogen) atoms. The van der Waals surface area contributed by atoms with Crippen LogP contribution in [0, 0.1) is 0 Å². The van der Waals surface area contributed by atoms with Crippen LogP contribution in [-0.4, -0.2) is 16.2 Å². The normalized spacial score (nSPS) is 10.4. The Morgan fingerprint density at radius 1 is 1.18 bits per heavy atom. The second-order valence-electron chi connectivity index (χ2n) is 3.66. The van der Waals surface area contributed by atoms with Gasteiger partial charge in [-0.25, -0.2) is 4.98 Å². The van der Waals surface area contributed by atoms with E-state index in [9.17, 15) is 0 Å². The van der Waals surface area contributed by atoms with E-state index in [-0.39, 0.29) is 5.95 Å². The van der Waals surface area contributed by atoms with E-state index in [2.05, 4.69) is 40.5 Å². The minimum atomic E-state index is 0.212. The van der Waals surface area contributed by atoms with Gasteiger partial charge in [0.2, 0.25) is 5.95 Å². The Hall–Kier alpha value is -1.75. The highest BCUT2D eigenvalue weighted by atomic mass is 32.2. The topological polar surface area (TPSA) is 77.8 Å². The van der Waals surface area contributed by atoms with Crippen molar-refractivity contribution < 1.29 is 0 Å². The van der Waals surface area contributed by atoms with Gasteiger partial charge in [-0.1, -0.05) is 12.1 Å². The lowest BCUT2D eigenvalue weighted by molar-refractivity contribution is 1.09. The molecule has 0 aliphatic heterocycles. The fraction of sp³-hybridized carbons (Fsp3) is 0.167. The summed E-state index contributed by atoms with van der Waals surface area (Å²) in [5.41, 5.74) is 13.3. The van der Waals surface area contributed by atoms with Gasteiger partial charge >= 0.3 is 0 Å². The Balaban J connectivity index is 2.19. The average molecular weight is 246 g/mol. The number of hydrogen-bond acceptors (Lipinski definition) is 5. The second-order valence-corrected chi connectivity index (χ2v) is 4.54. The molecular formula is C12H14N4S. The van der Waals surface area contributed by atoms with E-state index in [1.54, 1.807) is 18.0 Å². The number of benzene rings is 1. The fourth-order valence-electron chi connectivity index (χ4n) is 1.53. The highest BCUT2D eigenvalue weighted by Gasteiger charge is 2.03. The van der Waals surface area contributed by atoms with Crippen LogP contribution in [0.25, 0.3) is 0 Å². The Morgan fingerprint density at radius 3 is 2.47 bits per heavy atom. The predicted molar refractivity (Wildman–Crippen MR) is 71.9 cm³/mol. The lowest BCUT2D eigenvalue weighted by atomic mass is 10.1. The zero-order valence-corrected chi connectivity index (χ0v) is 10.4. The largest absolute Gasteiger partial charge is 0.383 e. The number of nitrogens with zero attached hydrogens (tertiary/aromatic N) is 2. The highest BCUT2D eigenvalue weighted by Crippen LogP contribution is 2.18. The van der Waals surface area contributed by atoms with Crippen LogP contribution in [0.5, 0.6) is 0 Å². The number of thioether (sulfide) groups is 1. The fourth-order valence-corrected chi connectivity index (χ4v) is 1.94. The van der Waals surface area contributed by atoms with Crippen molar-refractivity contribution in [2.24, 2.45) is 0 Å². The monoisotopic (exact) mass is 246 g/mol. The summed E-state index contributed by atoms with van der Waals surface area (Å²) in [5.74, 6) is 0.662. The first-order valence-corrected chi connectivity index (χ1v) is 6.41. The zero-order valence-electron chi connectivity index (χ0n) is 9.55. The molecule has 1 aromatic heterocycles. The maximum absolute atomic E-state index is 5.79. The van der Waals surface area contributed by atoms with Gasteiger partial charge in [-0.15, -0.1) is 11.8 Å². The van der Waals surface area contributed by atoms with E-state index in [4.69, 9.17) is 11.5 Å². The number of rotatable bonds is 3. The quantitative estimate of drug-likeness (QED) is 0.809. The first-order chi connectivity index (χ1) is 8.19. The smallest absolute Gasteiger partial charge is 0.221 e. The molecule has 0 spiro atoms. The summed E-state index contributed by atoms with van der Waals surface area (Å²) in [6, 6.07) is 8.35. The first-order valence-electron chi connectivity index (χ1n) is 5.19. The maximum atomic E-state index is 5.79. The molecule has 1 aromatic carbocycles. The van der Waals surface area contributed by atoms with Crippen molar-refractivity contribution >= 4 is 23.5 Å². The van der Waals surface area contributed by atoms with Crippen LogP contribution in [0.3, 0.4) is 0 Å². The Morgan fingerprint density at radius 2 is 1.88 bits per heavy atom. The standard InChI is InChI=1S/C12H14N4S/c1-17-10-4-2-8(3-5-10)6-9-7-15-12(14)16-11(9)13/h2-5,7H,6H2,1H3,(H4,13,14,15,16). The Kier molecular flexibility index (Phi) is 3.49. The van der Waals surface area contributed by atoms with Crippen molar-refractivity contribution in [3.8, 4) is 0 Å².